The first kappa shape index (κ1) is 9.65. The maximum atomic E-state index is 11.8. The smallest absolute Gasteiger partial charge is 0.353 e. The number of aromatic nitrogens is 1. The molecule has 0 saturated carbocycles. The number of aryl methyl sites for hydroxylation is 1. The lowest BCUT2D eigenvalue weighted by atomic mass is 10.4. The summed E-state index contributed by atoms with van der Waals surface area (Å²) in [7, 11) is 0. The Labute approximate surface area is 73.2 Å². The van der Waals surface area contributed by atoms with Crippen LogP contribution >= 0.6 is 0 Å². The SMILES string of the molecule is N#Cc1ccn(CCC(F)(F)F)c1. The Bertz CT molecular complexity index is 319. The number of nitriles is 1. The summed E-state index contributed by atoms with van der Waals surface area (Å²) in [6, 6.07) is 3.32. The Kier molecular flexibility index (Phi) is 2.61. The van der Waals surface area contributed by atoms with Gasteiger partial charge in [-0.05, 0) is 6.07 Å². The molecule has 13 heavy (non-hydrogen) atoms. The van der Waals surface area contributed by atoms with E-state index >= 15 is 0 Å². The molecule has 0 aliphatic rings. The van der Waals surface area contributed by atoms with Crippen LogP contribution in [0.1, 0.15) is 12.0 Å². The molecular formula is C8H7F3N2. The van der Waals surface area contributed by atoms with E-state index in [-0.39, 0.29) is 6.54 Å². The first-order chi connectivity index (χ1) is 6.01. The van der Waals surface area contributed by atoms with Crippen LogP contribution in [0.4, 0.5) is 13.2 Å². The van der Waals surface area contributed by atoms with Gasteiger partial charge < -0.3 is 4.57 Å². The molecule has 0 amide bonds. The van der Waals surface area contributed by atoms with Gasteiger partial charge in [0.1, 0.15) is 6.07 Å². The van der Waals surface area contributed by atoms with Gasteiger partial charge in [0.2, 0.25) is 0 Å². The summed E-state index contributed by atoms with van der Waals surface area (Å²) >= 11 is 0. The van der Waals surface area contributed by atoms with Crippen molar-refractivity contribution in [3.05, 3.63) is 24.0 Å². The molecule has 0 radical (unpaired) electrons. The van der Waals surface area contributed by atoms with E-state index in [1.807, 2.05) is 6.07 Å². The van der Waals surface area contributed by atoms with Gasteiger partial charge in [0.05, 0.1) is 12.0 Å². The Morgan fingerprint density at radius 1 is 1.46 bits per heavy atom. The van der Waals surface area contributed by atoms with Crippen LogP contribution in [-0.4, -0.2) is 10.7 Å². The Morgan fingerprint density at radius 2 is 2.15 bits per heavy atom. The summed E-state index contributed by atoms with van der Waals surface area (Å²) in [5.74, 6) is 0. The average molecular weight is 188 g/mol. The van der Waals surface area contributed by atoms with Crippen molar-refractivity contribution in [2.24, 2.45) is 0 Å². The largest absolute Gasteiger partial charge is 0.390 e. The third-order valence-electron chi connectivity index (χ3n) is 1.53. The normalized spacial score (nSPS) is 11.2. The second kappa shape index (κ2) is 3.52. The van der Waals surface area contributed by atoms with Gasteiger partial charge in [-0.1, -0.05) is 0 Å². The minimum absolute atomic E-state index is 0.134. The van der Waals surface area contributed by atoms with Crippen molar-refractivity contribution in [2.75, 3.05) is 0 Å². The summed E-state index contributed by atoms with van der Waals surface area (Å²) in [5, 5.41) is 8.39. The van der Waals surface area contributed by atoms with Crippen LogP contribution < -0.4 is 0 Å². The molecule has 1 rings (SSSR count). The second-order valence-corrected chi connectivity index (χ2v) is 2.61. The fourth-order valence-electron chi connectivity index (χ4n) is 0.902. The Morgan fingerprint density at radius 3 is 2.62 bits per heavy atom. The molecule has 0 fully saturated rings. The monoisotopic (exact) mass is 188 g/mol. The van der Waals surface area contributed by atoms with Gasteiger partial charge in [-0.25, -0.2) is 0 Å². The Hall–Kier alpha value is -1.44. The molecular weight excluding hydrogens is 181 g/mol. The Balaban J connectivity index is 2.52. The highest BCUT2D eigenvalue weighted by molar-refractivity contribution is 5.25. The summed E-state index contributed by atoms with van der Waals surface area (Å²) in [4.78, 5) is 0. The predicted molar refractivity (Wildman–Crippen MR) is 39.8 cm³/mol. The minimum Gasteiger partial charge on any atom is -0.353 e. The van der Waals surface area contributed by atoms with E-state index in [1.165, 1.54) is 23.0 Å². The zero-order valence-electron chi connectivity index (χ0n) is 6.67. The fraction of sp³-hybridized carbons (Fsp3) is 0.375. The fourth-order valence-corrected chi connectivity index (χ4v) is 0.902. The number of rotatable bonds is 2. The predicted octanol–water partition coefficient (Wildman–Crippen LogP) is 2.31. The summed E-state index contributed by atoms with van der Waals surface area (Å²) in [6.45, 7) is -0.134. The molecule has 2 nitrogen and oxygen atoms in total. The quantitative estimate of drug-likeness (QED) is 0.700. The van der Waals surface area contributed by atoms with E-state index in [4.69, 9.17) is 5.26 Å². The van der Waals surface area contributed by atoms with Gasteiger partial charge in [-0.2, -0.15) is 18.4 Å². The van der Waals surface area contributed by atoms with Crippen LogP contribution in [0.25, 0.3) is 0 Å². The molecule has 0 aliphatic carbocycles. The van der Waals surface area contributed by atoms with Crippen LogP contribution in [0.15, 0.2) is 18.5 Å². The van der Waals surface area contributed by atoms with E-state index in [0.29, 0.717) is 5.56 Å². The van der Waals surface area contributed by atoms with Gasteiger partial charge in [0, 0.05) is 18.9 Å². The zero-order chi connectivity index (χ0) is 9.90. The molecule has 5 heteroatoms. The molecule has 0 aliphatic heterocycles. The standard InChI is InChI=1S/C8H7F3N2/c9-8(10,11)2-4-13-3-1-7(5-12)6-13/h1,3,6H,2,4H2. The van der Waals surface area contributed by atoms with Crippen molar-refractivity contribution in [1.82, 2.24) is 4.57 Å². The van der Waals surface area contributed by atoms with E-state index < -0.39 is 12.6 Å². The molecule has 0 bridgehead atoms. The number of alkyl halides is 3. The zero-order valence-corrected chi connectivity index (χ0v) is 6.67. The van der Waals surface area contributed by atoms with Gasteiger partial charge in [-0.3, -0.25) is 0 Å². The molecule has 0 N–H and O–H groups in total. The molecule has 0 unspecified atom stereocenters. The number of nitrogens with zero attached hydrogens (tertiary/aromatic N) is 2. The third kappa shape index (κ3) is 3.20. The van der Waals surface area contributed by atoms with E-state index in [9.17, 15) is 13.2 Å². The van der Waals surface area contributed by atoms with E-state index in [2.05, 4.69) is 0 Å². The highest BCUT2D eigenvalue weighted by Crippen LogP contribution is 2.20. The van der Waals surface area contributed by atoms with Crippen LogP contribution in [0, 0.1) is 11.3 Å². The van der Waals surface area contributed by atoms with Crippen molar-refractivity contribution in [3.63, 3.8) is 0 Å². The van der Waals surface area contributed by atoms with Crippen molar-refractivity contribution < 1.29 is 13.2 Å². The van der Waals surface area contributed by atoms with Crippen molar-refractivity contribution in [1.29, 1.82) is 5.26 Å². The first-order valence-electron chi connectivity index (χ1n) is 3.64. The minimum atomic E-state index is -4.14. The lowest BCUT2D eigenvalue weighted by Gasteiger charge is -2.06. The summed E-state index contributed by atoms with van der Waals surface area (Å²) in [5.41, 5.74) is 0.377. The average Bonchev–Trinajstić information content (AvgIpc) is 2.47. The molecule has 1 aromatic heterocycles. The van der Waals surface area contributed by atoms with E-state index in [1.54, 1.807) is 0 Å². The third-order valence-corrected chi connectivity index (χ3v) is 1.53. The van der Waals surface area contributed by atoms with Gasteiger partial charge in [-0.15, -0.1) is 0 Å². The van der Waals surface area contributed by atoms with Crippen molar-refractivity contribution >= 4 is 0 Å². The van der Waals surface area contributed by atoms with Gasteiger partial charge in [0.25, 0.3) is 0 Å². The lowest BCUT2D eigenvalue weighted by molar-refractivity contribution is -0.136. The summed E-state index contributed by atoms with van der Waals surface area (Å²) < 4.78 is 36.6. The van der Waals surface area contributed by atoms with Crippen LogP contribution in [0.5, 0.6) is 0 Å². The first-order valence-corrected chi connectivity index (χ1v) is 3.64. The maximum absolute atomic E-state index is 11.8. The highest BCUT2D eigenvalue weighted by atomic mass is 19.4. The topological polar surface area (TPSA) is 28.7 Å². The van der Waals surface area contributed by atoms with Crippen molar-refractivity contribution in [3.8, 4) is 6.07 Å². The lowest BCUT2D eigenvalue weighted by Crippen LogP contribution is -2.11. The molecule has 0 saturated heterocycles. The van der Waals surface area contributed by atoms with Gasteiger partial charge >= 0.3 is 6.18 Å². The van der Waals surface area contributed by atoms with Crippen LogP contribution in [0.2, 0.25) is 0 Å². The van der Waals surface area contributed by atoms with Crippen molar-refractivity contribution in [2.45, 2.75) is 19.1 Å². The maximum Gasteiger partial charge on any atom is 0.390 e. The highest BCUT2D eigenvalue weighted by Gasteiger charge is 2.26. The summed E-state index contributed by atoms with van der Waals surface area (Å²) in [6.07, 6.45) is -2.15. The molecule has 1 heterocycles. The molecule has 0 atom stereocenters. The van der Waals surface area contributed by atoms with Crippen LogP contribution in [-0.2, 0) is 6.54 Å². The molecule has 70 valence electrons. The number of halogens is 3. The van der Waals surface area contributed by atoms with Crippen LogP contribution in [0.3, 0.4) is 0 Å². The van der Waals surface area contributed by atoms with Gasteiger partial charge in [0.15, 0.2) is 0 Å². The number of hydrogen-bond acceptors (Lipinski definition) is 1. The molecule has 0 spiro atoms. The molecule has 0 aromatic carbocycles. The number of hydrogen-bond donors (Lipinski definition) is 0. The second-order valence-electron chi connectivity index (χ2n) is 2.61. The molecule has 1 aromatic rings. The van der Waals surface area contributed by atoms with E-state index in [0.717, 1.165) is 0 Å².